The molecule has 1 aromatic carbocycles. The molecule has 0 amide bonds. The van der Waals surface area contributed by atoms with E-state index in [0.29, 0.717) is 17.4 Å². The van der Waals surface area contributed by atoms with Gasteiger partial charge in [-0.25, -0.2) is 4.40 Å². The van der Waals surface area contributed by atoms with Crippen LogP contribution in [0.3, 0.4) is 0 Å². The summed E-state index contributed by atoms with van der Waals surface area (Å²) in [6, 6.07) is 9.51. The quantitative estimate of drug-likeness (QED) is 0.773. The van der Waals surface area contributed by atoms with Gasteiger partial charge in [0.15, 0.2) is 5.65 Å². The summed E-state index contributed by atoms with van der Waals surface area (Å²) < 4.78 is 7.84. The van der Waals surface area contributed by atoms with Crippen LogP contribution in [-0.2, 0) is 0 Å². The molecule has 1 unspecified atom stereocenters. The van der Waals surface area contributed by atoms with E-state index in [1.165, 1.54) is 19.3 Å². The molecule has 0 bridgehead atoms. The molecule has 130 valence electrons. The van der Waals surface area contributed by atoms with Gasteiger partial charge >= 0.3 is 0 Å². The highest BCUT2D eigenvalue weighted by molar-refractivity contribution is 5.39. The van der Waals surface area contributed by atoms with Crippen LogP contribution >= 0.6 is 0 Å². The lowest BCUT2D eigenvalue weighted by Crippen LogP contribution is -2.14. The van der Waals surface area contributed by atoms with Crippen molar-refractivity contribution in [1.82, 2.24) is 19.6 Å². The number of aliphatic hydroxyl groups is 1. The monoisotopic (exact) mass is 338 g/mol. The molecule has 0 spiro atoms. The molecule has 1 N–H and O–H groups in total. The van der Waals surface area contributed by atoms with Gasteiger partial charge in [0.2, 0.25) is 5.88 Å². The van der Waals surface area contributed by atoms with Crippen LogP contribution in [0.1, 0.15) is 55.5 Å². The number of aromatic nitrogens is 4. The van der Waals surface area contributed by atoms with E-state index >= 15 is 0 Å². The molecule has 1 aliphatic carbocycles. The summed E-state index contributed by atoms with van der Waals surface area (Å²) in [5.41, 5.74) is 1.52. The van der Waals surface area contributed by atoms with Crippen molar-refractivity contribution in [1.29, 1.82) is 0 Å². The molecule has 1 fully saturated rings. The van der Waals surface area contributed by atoms with E-state index in [9.17, 15) is 5.11 Å². The van der Waals surface area contributed by atoms with Crippen molar-refractivity contribution in [2.45, 2.75) is 44.1 Å². The van der Waals surface area contributed by atoms with Crippen LogP contribution in [0.4, 0.5) is 0 Å². The van der Waals surface area contributed by atoms with E-state index in [2.05, 4.69) is 15.2 Å². The fraction of sp³-hybridized carbons (Fsp3) is 0.421. The van der Waals surface area contributed by atoms with Crippen molar-refractivity contribution in [3.8, 4) is 5.88 Å². The van der Waals surface area contributed by atoms with Crippen LogP contribution in [0.25, 0.3) is 5.65 Å². The first-order valence-electron chi connectivity index (χ1n) is 8.88. The van der Waals surface area contributed by atoms with E-state index < -0.39 is 6.10 Å². The first-order chi connectivity index (χ1) is 12.3. The predicted molar refractivity (Wildman–Crippen MR) is 93.5 cm³/mol. The predicted octanol–water partition coefficient (Wildman–Crippen LogP) is 3.28. The summed E-state index contributed by atoms with van der Waals surface area (Å²) >= 11 is 0. The molecule has 2 aromatic heterocycles. The lowest BCUT2D eigenvalue weighted by molar-refractivity contribution is 0.104. The summed E-state index contributed by atoms with van der Waals surface area (Å²) in [4.78, 5) is 4.19. The van der Waals surface area contributed by atoms with Crippen LogP contribution in [-0.4, -0.2) is 31.3 Å². The van der Waals surface area contributed by atoms with Gasteiger partial charge in [0.05, 0.1) is 12.4 Å². The van der Waals surface area contributed by atoms with Gasteiger partial charge < -0.3 is 9.84 Å². The zero-order valence-electron chi connectivity index (χ0n) is 14.1. The highest BCUT2D eigenvalue weighted by Gasteiger charge is 2.23. The van der Waals surface area contributed by atoms with Gasteiger partial charge in [-0.3, -0.25) is 4.98 Å². The standard InChI is InChI=1S/C19H22N4O2/c24-16(14-7-3-1-4-8-14)13-25-18-12-20-11-17-21-22-19(23(17)18)15-9-5-2-6-10-15/h1,3-4,7-8,11-12,15-16,24H,2,5-6,9-10,13H2. The number of ether oxygens (including phenoxy) is 1. The smallest absolute Gasteiger partial charge is 0.220 e. The molecular weight excluding hydrogens is 316 g/mol. The summed E-state index contributed by atoms with van der Waals surface area (Å²) in [6.45, 7) is 0.160. The molecule has 6 heteroatoms. The van der Waals surface area contributed by atoms with Gasteiger partial charge in [0, 0.05) is 5.92 Å². The zero-order chi connectivity index (χ0) is 17.1. The maximum Gasteiger partial charge on any atom is 0.220 e. The Hall–Kier alpha value is -2.47. The highest BCUT2D eigenvalue weighted by atomic mass is 16.5. The third-order valence-corrected chi connectivity index (χ3v) is 4.85. The van der Waals surface area contributed by atoms with Crippen molar-refractivity contribution in [3.63, 3.8) is 0 Å². The average Bonchev–Trinajstić information content (AvgIpc) is 3.12. The minimum atomic E-state index is -0.689. The zero-order valence-corrected chi connectivity index (χ0v) is 14.1. The van der Waals surface area contributed by atoms with Crippen molar-refractivity contribution >= 4 is 5.65 Å². The van der Waals surface area contributed by atoms with Crippen molar-refractivity contribution in [2.24, 2.45) is 0 Å². The summed E-state index contributed by atoms with van der Waals surface area (Å²) in [7, 11) is 0. The molecule has 2 heterocycles. The molecule has 25 heavy (non-hydrogen) atoms. The van der Waals surface area contributed by atoms with E-state index in [1.807, 2.05) is 34.7 Å². The van der Waals surface area contributed by atoms with Gasteiger partial charge in [0.1, 0.15) is 18.5 Å². The Bertz CT molecular complexity index is 828. The fourth-order valence-electron chi connectivity index (χ4n) is 3.51. The van der Waals surface area contributed by atoms with E-state index in [1.54, 1.807) is 12.4 Å². The third kappa shape index (κ3) is 3.35. The Morgan fingerprint density at radius 1 is 1.08 bits per heavy atom. The van der Waals surface area contributed by atoms with Crippen LogP contribution in [0.2, 0.25) is 0 Å². The second-order valence-electron chi connectivity index (χ2n) is 6.57. The topological polar surface area (TPSA) is 72.5 Å². The second kappa shape index (κ2) is 7.19. The van der Waals surface area contributed by atoms with E-state index in [-0.39, 0.29) is 6.61 Å². The maximum atomic E-state index is 10.3. The number of hydrogen-bond acceptors (Lipinski definition) is 5. The summed E-state index contributed by atoms with van der Waals surface area (Å²) in [5.74, 6) is 1.94. The van der Waals surface area contributed by atoms with Gasteiger partial charge in [-0.1, -0.05) is 49.6 Å². The molecule has 0 aliphatic heterocycles. The maximum absolute atomic E-state index is 10.3. The first-order valence-corrected chi connectivity index (χ1v) is 8.88. The normalized spacial score (nSPS) is 16.8. The lowest BCUT2D eigenvalue weighted by atomic mass is 9.89. The Balaban J connectivity index is 1.57. The van der Waals surface area contributed by atoms with Gasteiger partial charge in [-0.2, -0.15) is 0 Å². The number of hydrogen-bond donors (Lipinski definition) is 1. The molecular formula is C19H22N4O2. The second-order valence-corrected chi connectivity index (χ2v) is 6.57. The summed E-state index contributed by atoms with van der Waals surface area (Å²) in [6.07, 6.45) is 8.69. The highest BCUT2D eigenvalue weighted by Crippen LogP contribution is 2.33. The van der Waals surface area contributed by atoms with Gasteiger partial charge in [-0.05, 0) is 18.4 Å². The van der Waals surface area contributed by atoms with Crippen LogP contribution in [0.5, 0.6) is 5.88 Å². The first kappa shape index (κ1) is 16.0. The Morgan fingerprint density at radius 2 is 1.88 bits per heavy atom. The molecule has 1 atom stereocenters. The van der Waals surface area contributed by atoms with Crippen LogP contribution in [0, 0.1) is 0 Å². The minimum Gasteiger partial charge on any atom is -0.474 e. The summed E-state index contributed by atoms with van der Waals surface area (Å²) in [5, 5.41) is 19.0. The number of aliphatic hydroxyl groups excluding tert-OH is 1. The van der Waals surface area contributed by atoms with E-state index in [0.717, 1.165) is 24.2 Å². The average molecular weight is 338 g/mol. The molecule has 3 aromatic rings. The van der Waals surface area contributed by atoms with Gasteiger partial charge in [-0.15, -0.1) is 10.2 Å². The third-order valence-electron chi connectivity index (χ3n) is 4.85. The molecule has 0 radical (unpaired) electrons. The van der Waals surface area contributed by atoms with E-state index in [4.69, 9.17) is 4.74 Å². The molecule has 4 rings (SSSR count). The number of benzene rings is 1. The SMILES string of the molecule is OC(COc1cncc2nnc(C3CCCCC3)n12)c1ccccc1. The molecule has 0 saturated heterocycles. The minimum absolute atomic E-state index is 0.160. The van der Waals surface area contributed by atoms with Crippen molar-refractivity contribution in [3.05, 3.63) is 54.1 Å². The number of rotatable bonds is 5. The van der Waals surface area contributed by atoms with Crippen molar-refractivity contribution < 1.29 is 9.84 Å². The Kier molecular flexibility index (Phi) is 4.61. The Morgan fingerprint density at radius 3 is 2.68 bits per heavy atom. The van der Waals surface area contributed by atoms with Crippen molar-refractivity contribution in [2.75, 3.05) is 6.61 Å². The molecule has 1 saturated carbocycles. The van der Waals surface area contributed by atoms with Crippen LogP contribution in [0.15, 0.2) is 42.7 Å². The van der Waals surface area contributed by atoms with Crippen LogP contribution < -0.4 is 4.74 Å². The number of fused-ring (bicyclic) bond motifs is 1. The number of nitrogens with zero attached hydrogens (tertiary/aromatic N) is 4. The van der Waals surface area contributed by atoms with Gasteiger partial charge in [0.25, 0.3) is 0 Å². The fourth-order valence-corrected chi connectivity index (χ4v) is 3.51. The lowest BCUT2D eigenvalue weighted by Gasteiger charge is -2.21. The largest absolute Gasteiger partial charge is 0.474 e. The molecule has 6 nitrogen and oxygen atoms in total. The Labute approximate surface area is 146 Å². The molecule has 1 aliphatic rings.